The number of nitrogens with zero attached hydrogens (tertiary/aromatic N) is 5. The third-order valence-electron chi connectivity index (χ3n) is 4.03. The Balaban J connectivity index is 0.00000338. The normalized spacial score (nSPS) is 10.9. The van der Waals surface area contributed by atoms with Crippen LogP contribution in [0.1, 0.15) is 31.5 Å². The Hall–Kier alpha value is -1.90. The minimum atomic E-state index is 0. The van der Waals surface area contributed by atoms with E-state index >= 15 is 0 Å². The summed E-state index contributed by atoms with van der Waals surface area (Å²) in [6.45, 7) is 5.31. The molecule has 0 spiro atoms. The number of aromatic nitrogens is 3. The van der Waals surface area contributed by atoms with Crippen molar-refractivity contribution < 1.29 is 0 Å². The number of para-hydroxylation sites is 1. The monoisotopic (exact) mass is 468 g/mol. The first kappa shape index (κ1) is 22.1. The van der Waals surface area contributed by atoms with Crippen molar-refractivity contribution in [3.63, 3.8) is 0 Å². The summed E-state index contributed by atoms with van der Waals surface area (Å²) in [6, 6.07) is 10.1. The molecule has 1 aromatic carbocycles. The second-order valence-corrected chi connectivity index (χ2v) is 5.91. The summed E-state index contributed by atoms with van der Waals surface area (Å²) in [5, 5.41) is 11.6. The zero-order valence-corrected chi connectivity index (χ0v) is 18.0. The quantitative estimate of drug-likeness (QED) is 0.201. The first-order valence-corrected chi connectivity index (χ1v) is 8.73. The second kappa shape index (κ2) is 12.5. The highest BCUT2D eigenvalue weighted by molar-refractivity contribution is 14.0. The molecule has 1 N–H and O–H groups in total. The Morgan fingerprint density at radius 3 is 2.73 bits per heavy atom. The van der Waals surface area contributed by atoms with E-state index < -0.39 is 0 Å². The SMILES string of the molecule is C=CCCCCCN(C)C(=NC)NCc1nncn1-c1ccccc1.I. The fraction of sp³-hybridized carbons (Fsp3) is 0.421. The van der Waals surface area contributed by atoms with Gasteiger partial charge in [0.05, 0.1) is 6.54 Å². The molecule has 2 rings (SSSR count). The lowest BCUT2D eigenvalue weighted by Crippen LogP contribution is -2.39. The number of allylic oxidation sites excluding steroid dienone is 1. The molecular weight excluding hydrogens is 439 g/mol. The number of aliphatic imine (C=N–C) groups is 1. The van der Waals surface area contributed by atoms with E-state index in [4.69, 9.17) is 0 Å². The fourth-order valence-corrected chi connectivity index (χ4v) is 2.65. The van der Waals surface area contributed by atoms with Gasteiger partial charge in [0.15, 0.2) is 11.8 Å². The molecule has 0 aliphatic carbocycles. The summed E-state index contributed by atoms with van der Waals surface area (Å²) in [4.78, 5) is 6.51. The Labute approximate surface area is 173 Å². The van der Waals surface area contributed by atoms with Crippen LogP contribution in [0, 0.1) is 0 Å². The summed E-state index contributed by atoms with van der Waals surface area (Å²) in [5.41, 5.74) is 1.05. The largest absolute Gasteiger partial charge is 0.349 e. The van der Waals surface area contributed by atoms with Gasteiger partial charge in [0.1, 0.15) is 6.33 Å². The molecule has 0 radical (unpaired) electrons. The van der Waals surface area contributed by atoms with Crippen molar-refractivity contribution in [2.24, 2.45) is 4.99 Å². The van der Waals surface area contributed by atoms with Gasteiger partial charge in [0.25, 0.3) is 0 Å². The molecular formula is C19H29IN6. The zero-order chi connectivity index (χ0) is 17.9. The first-order chi connectivity index (χ1) is 12.3. The number of guanidine groups is 1. The van der Waals surface area contributed by atoms with Gasteiger partial charge in [-0.1, -0.05) is 30.7 Å². The standard InChI is InChI=1S/C19H28N6.HI/c1-4-5-6-7-11-14-24(3)19(20-2)21-15-18-23-22-16-25(18)17-12-9-8-10-13-17;/h4,8-10,12-13,16H,1,5-7,11,14-15H2,2-3H3,(H,20,21);1H. The number of hydrogen-bond acceptors (Lipinski definition) is 3. The molecule has 0 bridgehead atoms. The van der Waals surface area contributed by atoms with Crippen LogP contribution in [0.2, 0.25) is 0 Å². The van der Waals surface area contributed by atoms with Crippen LogP contribution < -0.4 is 5.32 Å². The predicted octanol–water partition coefficient (Wildman–Crippen LogP) is 3.64. The van der Waals surface area contributed by atoms with Crippen LogP contribution in [0.5, 0.6) is 0 Å². The molecule has 0 unspecified atom stereocenters. The summed E-state index contributed by atoms with van der Waals surface area (Å²) >= 11 is 0. The summed E-state index contributed by atoms with van der Waals surface area (Å²) in [5.74, 6) is 1.72. The van der Waals surface area contributed by atoms with Gasteiger partial charge < -0.3 is 10.2 Å². The van der Waals surface area contributed by atoms with E-state index in [1.165, 1.54) is 12.8 Å². The number of unbranched alkanes of at least 4 members (excludes halogenated alkanes) is 3. The first-order valence-electron chi connectivity index (χ1n) is 8.73. The predicted molar refractivity (Wildman–Crippen MR) is 118 cm³/mol. The Morgan fingerprint density at radius 2 is 2.04 bits per heavy atom. The lowest BCUT2D eigenvalue weighted by atomic mass is 10.2. The van der Waals surface area contributed by atoms with Gasteiger partial charge in [0, 0.05) is 26.3 Å². The third kappa shape index (κ3) is 6.78. The van der Waals surface area contributed by atoms with Gasteiger partial charge >= 0.3 is 0 Å². The van der Waals surface area contributed by atoms with Crippen LogP contribution in [-0.4, -0.2) is 46.3 Å². The van der Waals surface area contributed by atoms with E-state index in [2.05, 4.69) is 39.0 Å². The Kier molecular flexibility index (Phi) is 10.6. The van der Waals surface area contributed by atoms with Gasteiger partial charge in [-0.2, -0.15) is 0 Å². The van der Waals surface area contributed by atoms with E-state index in [-0.39, 0.29) is 24.0 Å². The number of benzene rings is 1. The van der Waals surface area contributed by atoms with Crippen LogP contribution in [0.3, 0.4) is 0 Å². The van der Waals surface area contributed by atoms with Crippen molar-refractivity contribution in [2.75, 3.05) is 20.6 Å². The molecule has 6 nitrogen and oxygen atoms in total. The number of hydrogen-bond donors (Lipinski definition) is 1. The van der Waals surface area contributed by atoms with Crippen molar-refractivity contribution in [1.29, 1.82) is 0 Å². The molecule has 1 aromatic heterocycles. The average molecular weight is 468 g/mol. The van der Waals surface area contributed by atoms with Crippen LogP contribution in [0.15, 0.2) is 54.3 Å². The molecule has 0 amide bonds. The molecule has 0 aliphatic heterocycles. The number of nitrogens with one attached hydrogen (secondary N) is 1. The van der Waals surface area contributed by atoms with E-state index in [0.29, 0.717) is 6.54 Å². The molecule has 0 aliphatic rings. The minimum Gasteiger partial charge on any atom is -0.349 e. The number of halogens is 1. The van der Waals surface area contributed by atoms with Gasteiger partial charge in [-0.25, -0.2) is 0 Å². The third-order valence-corrected chi connectivity index (χ3v) is 4.03. The van der Waals surface area contributed by atoms with Crippen molar-refractivity contribution >= 4 is 29.9 Å². The van der Waals surface area contributed by atoms with Crippen molar-refractivity contribution in [1.82, 2.24) is 25.0 Å². The van der Waals surface area contributed by atoms with Gasteiger partial charge in [-0.05, 0) is 31.4 Å². The maximum atomic E-state index is 4.36. The summed E-state index contributed by atoms with van der Waals surface area (Å²) in [6.07, 6.45) is 8.35. The molecule has 0 atom stereocenters. The maximum absolute atomic E-state index is 4.36. The Bertz CT molecular complexity index is 668. The highest BCUT2D eigenvalue weighted by atomic mass is 127. The molecule has 2 aromatic rings. The minimum absolute atomic E-state index is 0. The summed E-state index contributed by atoms with van der Waals surface area (Å²) < 4.78 is 1.98. The summed E-state index contributed by atoms with van der Waals surface area (Å²) in [7, 11) is 3.86. The average Bonchev–Trinajstić information content (AvgIpc) is 3.11. The molecule has 142 valence electrons. The fourth-order valence-electron chi connectivity index (χ4n) is 2.65. The topological polar surface area (TPSA) is 58.3 Å². The molecule has 0 fully saturated rings. The van der Waals surface area contributed by atoms with Crippen molar-refractivity contribution in [2.45, 2.75) is 32.2 Å². The highest BCUT2D eigenvalue weighted by Gasteiger charge is 2.09. The number of rotatable bonds is 9. The Morgan fingerprint density at radius 1 is 1.27 bits per heavy atom. The van der Waals surface area contributed by atoms with Gasteiger partial charge in [0.2, 0.25) is 0 Å². The van der Waals surface area contributed by atoms with E-state index in [1.807, 2.05) is 41.0 Å². The van der Waals surface area contributed by atoms with Crippen LogP contribution in [0.25, 0.3) is 5.69 Å². The van der Waals surface area contributed by atoms with Crippen LogP contribution >= 0.6 is 24.0 Å². The van der Waals surface area contributed by atoms with Crippen molar-refractivity contribution in [3.05, 3.63) is 55.1 Å². The smallest absolute Gasteiger partial charge is 0.193 e. The molecule has 7 heteroatoms. The molecule has 1 heterocycles. The van der Waals surface area contributed by atoms with Crippen LogP contribution in [0.4, 0.5) is 0 Å². The van der Waals surface area contributed by atoms with Gasteiger partial charge in [-0.15, -0.1) is 40.8 Å². The molecule has 0 saturated heterocycles. The lowest BCUT2D eigenvalue weighted by molar-refractivity contribution is 0.454. The lowest BCUT2D eigenvalue weighted by Gasteiger charge is -2.22. The molecule has 0 saturated carbocycles. The highest BCUT2D eigenvalue weighted by Crippen LogP contribution is 2.09. The zero-order valence-electron chi connectivity index (χ0n) is 15.6. The van der Waals surface area contributed by atoms with Crippen LogP contribution in [-0.2, 0) is 6.54 Å². The van der Waals surface area contributed by atoms with Crippen molar-refractivity contribution in [3.8, 4) is 5.69 Å². The van der Waals surface area contributed by atoms with E-state index in [0.717, 1.165) is 36.9 Å². The second-order valence-electron chi connectivity index (χ2n) is 5.91. The van der Waals surface area contributed by atoms with Gasteiger partial charge in [-0.3, -0.25) is 9.56 Å². The molecule has 26 heavy (non-hydrogen) atoms. The maximum Gasteiger partial charge on any atom is 0.193 e. The van der Waals surface area contributed by atoms with E-state index in [1.54, 1.807) is 13.4 Å². The van der Waals surface area contributed by atoms with E-state index in [9.17, 15) is 0 Å².